The molecule has 170 valence electrons. The molecule has 0 spiro atoms. The minimum atomic E-state index is -3.79. The molecule has 0 aliphatic rings. The smallest absolute Gasteiger partial charge is 0.343 e. The molecule has 0 bridgehead atoms. The van der Waals surface area contributed by atoms with Gasteiger partial charge in [-0.15, -0.1) is 0 Å². The molecule has 0 atom stereocenters. The third-order valence-electron chi connectivity index (χ3n) is 4.27. The monoisotopic (exact) mass is 467 g/mol. The number of methoxy groups -OCH3 is 1. The third kappa shape index (κ3) is 6.99. The molecular weight excluding hydrogens is 446 g/mol. The van der Waals surface area contributed by atoms with Crippen LogP contribution in [0.25, 0.3) is 0 Å². The number of esters is 1. The van der Waals surface area contributed by atoms with Crippen molar-refractivity contribution >= 4 is 28.1 Å². The Hall–Kier alpha value is -4.02. The molecule has 10 heteroatoms. The Balaban J connectivity index is 1.52. The van der Waals surface area contributed by atoms with Crippen LogP contribution in [0, 0.1) is 0 Å². The van der Waals surface area contributed by atoms with Crippen LogP contribution in [0.2, 0.25) is 0 Å². The summed E-state index contributed by atoms with van der Waals surface area (Å²) < 4.78 is 36.8. The Bertz CT molecular complexity index is 1240. The van der Waals surface area contributed by atoms with Crippen molar-refractivity contribution in [2.75, 3.05) is 13.7 Å². The molecule has 33 heavy (non-hydrogen) atoms. The number of hydrazone groups is 1. The van der Waals surface area contributed by atoms with Gasteiger partial charge in [0.25, 0.3) is 5.91 Å². The second kappa shape index (κ2) is 11.0. The van der Waals surface area contributed by atoms with Gasteiger partial charge in [-0.2, -0.15) is 5.10 Å². The maximum atomic E-state index is 12.3. The summed E-state index contributed by atoms with van der Waals surface area (Å²) in [5.74, 6) is -0.264. The fourth-order valence-electron chi connectivity index (χ4n) is 2.61. The van der Waals surface area contributed by atoms with Crippen molar-refractivity contribution in [2.45, 2.75) is 4.90 Å². The summed E-state index contributed by atoms with van der Waals surface area (Å²) in [4.78, 5) is 24.2. The fraction of sp³-hybridized carbons (Fsp3) is 0.0870. The van der Waals surface area contributed by atoms with Crippen molar-refractivity contribution < 1.29 is 27.5 Å². The lowest BCUT2D eigenvalue weighted by Crippen LogP contribution is -2.34. The first-order valence-electron chi connectivity index (χ1n) is 9.70. The number of carbonyl (C=O) groups is 2. The van der Waals surface area contributed by atoms with E-state index in [9.17, 15) is 18.0 Å². The first kappa shape index (κ1) is 23.6. The van der Waals surface area contributed by atoms with Crippen molar-refractivity contribution in [3.8, 4) is 11.5 Å². The maximum Gasteiger partial charge on any atom is 0.343 e. The lowest BCUT2D eigenvalue weighted by molar-refractivity contribution is -0.119. The van der Waals surface area contributed by atoms with Crippen LogP contribution in [0.3, 0.4) is 0 Å². The number of nitrogens with one attached hydrogen (secondary N) is 2. The molecule has 0 heterocycles. The second-order valence-electron chi connectivity index (χ2n) is 6.62. The highest BCUT2D eigenvalue weighted by molar-refractivity contribution is 7.89. The standard InChI is InChI=1S/C23H21N3O6S/c1-31-19-12-10-18(11-13-19)23(28)32-20-7-5-6-17(14-20)15-24-26-22(27)16-25-33(29,30)21-8-3-2-4-9-21/h2-15,25H,16H2,1H3,(H,26,27)/b24-15+. The average Bonchev–Trinajstić information content (AvgIpc) is 2.84. The topological polar surface area (TPSA) is 123 Å². The van der Waals surface area contributed by atoms with E-state index in [1.165, 1.54) is 25.5 Å². The SMILES string of the molecule is COc1ccc(C(=O)Oc2cccc(/C=N/NC(=O)CNS(=O)(=O)c3ccccc3)c2)cc1. The minimum Gasteiger partial charge on any atom is -0.497 e. The Kier molecular flexibility index (Phi) is 7.90. The molecule has 0 fully saturated rings. The van der Waals surface area contributed by atoms with E-state index in [-0.39, 0.29) is 4.90 Å². The van der Waals surface area contributed by atoms with Gasteiger partial charge >= 0.3 is 5.97 Å². The lowest BCUT2D eigenvalue weighted by Gasteiger charge is -2.06. The highest BCUT2D eigenvalue weighted by atomic mass is 32.2. The molecular formula is C23H21N3O6S. The highest BCUT2D eigenvalue weighted by Crippen LogP contribution is 2.16. The van der Waals surface area contributed by atoms with E-state index in [1.807, 2.05) is 0 Å². The molecule has 0 saturated carbocycles. The van der Waals surface area contributed by atoms with E-state index in [4.69, 9.17) is 9.47 Å². The Labute approximate surface area is 191 Å². The number of nitrogens with zero attached hydrogens (tertiary/aromatic N) is 1. The largest absolute Gasteiger partial charge is 0.497 e. The van der Waals surface area contributed by atoms with Crippen LogP contribution in [0.4, 0.5) is 0 Å². The van der Waals surface area contributed by atoms with Gasteiger partial charge in [0.05, 0.1) is 30.3 Å². The second-order valence-corrected chi connectivity index (χ2v) is 8.39. The zero-order chi connectivity index (χ0) is 23.7. The predicted molar refractivity (Wildman–Crippen MR) is 122 cm³/mol. The molecule has 2 N–H and O–H groups in total. The van der Waals surface area contributed by atoms with Gasteiger partial charge in [-0.05, 0) is 54.1 Å². The molecule has 9 nitrogen and oxygen atoms in total. The van der Waals surface area contributed by atoms with Crippen LogP contribution in [0.1, 0.15) is 15.9 Å². The summed E-state index contributed by atoms with van der Waals surface area (Å²) in [5, 5.41) is 3.80. The number of hydrogen-bond acceptors (Lipinski definition) is 7. The summed E-state index contributed by atoms with van der Waals surface area (Å²) in [7, 11) is -2.26. The number of hydrogen-bond donors (Lipinski definition) is 2. The zero-order valence-corrected chi connectivity index (χ0v) is 18.4. The molecule has 3 aromatic carbocycles. The normalized spacial score (nSPS) is 11.2. The van der Waals surface area contributed by atoms with Gasteiger partial charge in [-0.25, -0.2) is 23.4 Å². The third-order valence-corrected chi connectivity index (χ3v) is 5.69. The number of benzene rings is 3. The predicted octanol–water partition coefficient (Wildman–Crippen LogP) is 2.34. The highest BCUT2D eigenvalue weighted by Gasteiger charge is 2.14. The Morgan fingerprint density at radius 3 is 2.36 bits per heavy atom. The lowest BCUT2D eigenvalue weighted by atomic mass is 10.2. The summed E-state index contributed by atoms with van der Waals surface area (Å²) >= 11 is 0. The molecule has 0 saturated heterocycles. The number of rotatable bonds is 9. The summed E-state index contributed by atoms with van der Waals surface area (Å²) in [6.45, 7) is -0.478. The summed E-state index contributed by atoms with van der Waals surface area (Å²) in [6.07, 6.45) is 1.34. The molecule has 3 aromatic rings. The van der Waals surface area contributed by atoms with Crippen molar-refractivity contribution in [1.82, 2.24) is 10.1 Å². The summed E-state index contributed by atoms with van der Waals surface area (Å²) in [5.41, 5.74) is 3.15. The van der Waals surface area contributed by atoms with Crippen LogP contribution < -0.4 is 19.6 Å². The number of ether oxygens (including phenoxy) is 2. The molecule has 0 unspecified atom stereocenters. The molecule has 0 radical (unpaired) electrons. The van der Waals surface area contributed by atoms with Crippen molar-refractivity contribution in [2.24, 2.45) is 5.10 Å². The van der Waals surface area contributed by atoms with Gasteiger partial charge in [0, 0.05) is 0 Å². The Morgan fingerprint density at radius 2 is 1.67 bits per heavy atom. The molecule has 0 aliphatic heterocycles. The number of carbonyl (C=O) groups excluding carboxylic acids is 2. The minimum absolute atomic E-state index is 0.0577. The van der Waals surface area contributed by atoms with Crippen LogP contribution >= 0.6 is 0 Å². The molecule has 0 aliphatic carbocycles. The van der Waals surface area contributed by atoms with E-state index in [0.29, 0.717) is 22.6 Å². The maximum absolute atomic E-state index is 12.3. The van der Waals surface area contributed by atoms with Gasteiger partial charge in [0.1, 0.15) is 11.5 Å². The van der Waals surface area contributed by atoms with Gasteiger partial charge in [0.2, 0.25) is 10.0 Å². The zero-order valence-electron chi connectivity index (χ0n) is 17.6. The number of sulfonamides is 1. The average molecular weight is 468 g/mol. The van der Waals surface area contributed by atoms with Gasteiger partial charge in [0.15, 0.2) is 0 Å². The van der Waals surface area contributed by atoms with Crippen LogP contribution in [0.5, 0.6) is 11.5 Å². The first-order valence-corrected chi connectivity index (χ1v) is 11.2. The fourth-order valence-corrected chi connectivity index (χ4v) is 3.62. The van der Waals surface area contributed by atoms with Crippen LogP contribution in [0.15, 0.2) is 88.9 Å². The van der Waals surface area contributed by atoms with E-state index in [0.717, 1.165) is 0 Å². The van der Waals surface area contributed by atoms with E-state index in [1.54, 1.807) is 66.7 Å². The van der Waals surface area contributed by atoms with Crippen molar-refractivity contribution in [3.63, 3.8) is 0 Å². The summed E-state index contributed by atoms with van der Waals surface area (Å²) in [6, 6.07) is 20.7. The van der Waals surface area contributed by atoms with Crippen molar-refractivity contribution in [1.29, 1.82) is 0 Å². The first-order chi connectivity index (χ1) is 15.9. The molecule has 0 aromatic heterocycles. The quantitative estimate of drug-likeness (QED) is 0.216. The van der Waals surface area contributed by atoms with Crippen LogP contribution in [-0.4, -0.2) is 40.2 Å². The number of amides is 1. The Morgan fingerprint density at radius 1 is 0.939 bits per heavy atom. The van der Waals surface area contributed by atoms with Gasteiger partial charge < -0.3 is 9.47 Å². The van der Waals surface area contributed by atoms with E-state index in [2.05, 4.69) is 15.2 Å². The van der Waals surface area contributed by atoms with E-state index >= 15 is 0 Å². The van der Waals surface area contributed by atoms with Crippen LogP contribution in [-0.2, 0) is 14.8 Å². The molecule has 1 amide bonds. The molecule has 3 rings (SSSR count). The van der Waals surface area contributed by atoms with Gasteiger partial charge in [-0.1, -0.05) is 30.3 Å². The van der Waals surface area contributed by atoms with Crippen molar-refractivity contribution in [3.05, 3.63) is 90.0 Å². The van der Waals surface area contributed by atoms with Gasteiger partial charge in [-0.3, -0.25) is 4.79 Å². The van der Waals surface area contributed by atoms with E-state index < -0.39 is 28.4 Å².